The van der Waals surface area contributed by atoms with E-state index in [9.17, 15) is 0 Å². The van der Waals surface area contributed by atoms with Crippen LogP contribution < -0.4 is 52.4 Å². The number of benzene rings is 11. The topological polar surface area (TPSA) is 13.0 Å². The molecule has 15 rings (SSSR count). The van der Waals surface area contributed by atoms with Gasteiger partial charge in [-0.25, -0.2) is 0 Å². The van der Waals surface area contributed by atoms with Gasteiger partial charge in [0.15, 0.2) is 0 Å². The average Bonchev–Trinajstić information content (AvgIpc) is 0.833. The maximum Gasteiger partial charge on any atom is 0.249 e. The zero-order chi connectivity index (χ0) is 57.4. The Bertz CT molecular complexity index is 4490. The van der Waals surface area contributed by atoms with Crippen molar-refractivity contribution in [2.75, 3.05) is 19.6 Å². The Labute approximate surface area is 505 Å². The molecule has 0 fully saturated rings. The lowest BCUT2D eigenvalue weighted by atomic mass is 9.31. The maximum atomic E-state index is 2.66. The molecular formula is C76H64B2N4S2. The minimum Gasteiger partial charge on any atom is -0.311 e. The molecule has 4 heterocycles. The summed E-state index contributed by atoms with van der Waals surface area (Å²) in [6.45, 7) is 22.5. The van der Waals surface area contributed by atoms with Gasteiger partial charge in [0.2, 0.25) is 13.4 Å². The van der Waals surface area contributed by atoms with Crippen LogP contribution in [0.3, 0.4) is 0 Å². The molecule has 0 aromatic heterocycles. The first-order chi connectivity index (χ1) is 40.8. The lowest BCUT2D eigenvalue weighted by Gasteiger charge is -2.44. The number of rotatable bonds is 8. The summed E-state index contributed by atoms with van der Waals surface area (Å²) in [4.78, 5) is 15.4. The van der Waals surface area contributed by atoms with Gasteiger partial charge in [-0.2, -0.15) is 0 Å². The van der Waals surface area contributed by atoms with Crippen LogP contribution in [-0.4, -0.2) is 13.4 Å². The van der Waals surface area contributed by atoms with Crippen LogP contribution in [0.1, 0.15) is 55.6 Å². The van der Waals surface area contributed by atoms with Crippen molar-refractivity contribution in [3.63, 3.8) is 0 Å². The van der Waals surface area contributed by atoms with Crippen LogP contribution in [0.25, 0.3) is 0 Å². The molecule has 11 aromatic carbocycles. The lowest BCUT2D eigenvalue weighted by molar-refractivity contribution is 1.17. The molecule has 4 aliphatic heterocycles. The molecule has 0 spiro atoms. The Morgan fingerprint density at radius 1 is 0.286 bits per heavy atom. The van der Waals surface area contributed by atoms with E-state index in [0.29, 0.717) is 0 Å². The summed E-state index contributed by atoms with van der Waals surface area (Å²) in [5.41, 5.74) is 35.0. The number of nitrogens with zero attached hydrogens (tertiary/aromatic N) is 4. The molecule has 0 saturated heterocycles. The van der Waals surface area contributed by atoms with Crippen LogP contribution in [0, 0.1) is 69.2 Å². The van der Waals surface area contributed by atoms with Gasteiger partial charge in [-0.3, -0.25) is 0 Å². The average molecular weight is 1120 g/mol. The van der Waals surface area contributed by atoms with E-state index in [1.54, 1.807) is 0 Å². The molecule has 406 valence electrons. The van der Waals surface area contributed by atoms with Gasteiger partial charge >= 0.3 is 0 Å². The van der Waals surface area contributed by atoms with Crippen LogP contribution in [0.4, 0.5) is 68.2 Å². The Kier molecular flexibility index (Phi) is 12.5. The van der Waals surface area contributed by atoms with Gasteiger partial charge in [0.1, 0.15) is 0 Å². The third-order valence-corrected chi connectivity index (χ3v) is 20.2. The van der Waals surface area contributed by atoms with E-state index in [1.165, 1.54) is 153 Å². The van der Waals surface area contributed by atoms with Gasteiger partial charge < -0.3 is 19.6 Å². The fourth-order valence-corrected chi connectivity index (χ4v) is 17.4. The minimum atomic E-state index is -0.0408. The molecule has 4 nitrogen and oxygen atoms in total. The highest BCUT2D eigenvalue weighted by molar-refractivity contribution is 8.00. The maximum absolute atomic E-state index is 2.66. The molecule has 0 bridgehead atoms. The molecule has 0 aliphatic carbocycles. The molecule has 0 radical (unpaired) electrons. The molecule has 8 heteroatoms. The summed E-state index contributed by atoms with van der Waals surface area (Å²) in [5.74, 6) is 0. The van der Waals surface area contributed by atoms with E-state index in [-0.39, 0.29) is 13.4 Å². The van der Waals surface area contributed by atoms with Crippen molar-refractivity contribution in [2.45, 2.75) is 88.8 Å². The van der Waals surface area contributed by atoms with Gasteiger partial charge in [-0.15, -0.1) is 0 Å². The highest BCUT2D eigenvalue weighted by Crippen LogP contribution is 2.52. The van der Waals surface area contributed by atoms with E-state index in [4.69, 9.17) is 0 Å². The molecule has 4 aliphatic rings. The molecule has 0 unspecified atom stereocenters. The zero-order valence-corrected chi connectivity index (χ0v) is 51.0. The lowest BCUT2D eigenvalue weighted by Crippen LogP contribution is -2.64. The first-order valence-electron chi connectivity index (χ1n) is 29.5. The number of hydrogen-bond acceptors (Lipinski definition) is 6. The normalized spacial score (nSPS) is 13.2. The van der Waals surface area contributed by atoms with Crippen molar-refractivity contribution in [3.8, 4) is 0 Å². The monoisotopic (exact) mass is 1120 g/mol. The summed E-state index contributed by atoms with van der Waals surface area (Å²) in [6.07, 6.45) is 0. The van der Waals surface area contributed by atoms with Crippen molar-refractivity contribution >= 4 is 138 Å². The fourth-order valence-electron chi connectivity index (χ4n) is 15.0. The summed E-state index contributed by atoms with van der Waals surface area (Å²) in [7, 11) is 0. The van der Waals surface area contributed by atoms with Crippen LogP contribution in [0.15, 0.2) is 226 Å². The minimum absolute atomic E-state index is 0.0167. The van der Waals surface area contributed by atoms with E-state index >= 15 is 0 Å². The predicted octanol–water partition coefficient (Wildman–Crippen LogP) is 17.2. The third kappa shape index (κ3) is 8.23. The van der Waals surface area contributed by atoms with E-state index in [1.807, 2.05) is 23.5 Å². The summed E-state index contributed by atoms with van der Waals surface area (Å²) >= 11 is 3.87. The summed E-state index contributed by atoms with van der Waals surface area (Å²) in [6, 6.07) is 78.8. The van der Waals surface area contributed by atoms with Gasteiger partial charge in [-0.05, 0) is 203 Å². The summed E-state index contributed by atoms with van der Waals surface area (Å²) < 4.78 is 0. The first kappa shape index (κ1) is 52.3. The van der Waals surface area contributed by atoms with Crippen molar-refractivity contribution < 1.29 is 0 Å². The second-order valence-electron chi connectivity index (χ2n) is 23.9. The van der Waals surface area contributed by atoms with Crippen molar-refractivity contribution in [1.29, 1.82) is 0 Å². The number of anilines is 12. The third-order valence-electron chi connectivity index (χ3n) is 17.9. The van der Waals surface area contributed by atoms with Crippen LogP contribution in [-0.2, 0) is 0 Å². The highest BCUT2D eigenvalue weighted by atomic mass is 32.2. The van der Waals surface area contributed by atoms with E-state index < -0.39 is 0 Å². The Balaban J connectivity index is 1.02. The first-order valence-corrected chi connectivity index (χ1v) is 31.1. The Morgan fingerprint density at radius 3 is 1.27 bits per heavy atom. The number of fused-ring (bicyclic) bond motifs is 8. The molecule has 0 N–H and O–H groups in total. The SMILES string of the molecule is Cc1cc(C)c(N(c2ccccc2)c2cc3c4c(c2)N(c2ccccc2C)c2cc5c(cc2B4c2ccccc2S3)B2c3ccccc3N(c3c(C)cc(C)cc3C)c3cc(N(c4ccccc4)c4c(C)cc(C)cc4C)cc(c32)S5)c(C)c1. The van der Waals surface area contributed by atoms with Gasteiger partial charge in [0.25, 0.3) is 0 Å². The Hall–Kier alpha value is -8.55. The van der Waals surface area contributed by atoms with Crippen molar-refractivity contribution in [2.24, 2.45) is 0 Å². The molecule has 11 aromatic rings. The zero-order valence-electron chi connectivity index (χ0n) is 49.4. The van der Waals surface area contributed by atoms with E-state index in [0.717, 1.165) is 22.7 Å². The van der Waals surface area contributed by atoms with Crippen LogP contribution in [0.2, 0.25) is 0 Å². The second-order valence-corrected chi connectivity index (χ2v) is 26.1. The fraction of sp³-hybridized carbons (Fsp3) is 0.132. The summed E-state index contributed by atoms with van der Waals surface area (Å²) in [5, 5.41) is 0. The largest absolute Gasteiger partial charge is 0.311 e. The molecule has 84 heavy (non-hydrogen) atoms. The van der Waals surface area contributed by atoms with Crippen LogP contribution >= 0.6 is 23.5 Å². The second kappa shape index (κ2) is 20.1. The molecule has 0 amide bonds. The van der Waals surface area contributed by atoms with Gasteiger partial charge in [-0.1, -0.05) is 185 Å². The number of aryl methyl sites for hydroxylation is 10. The highest BCUT2D eigenvalue weighted by Gasteiger charge is 2.47. The van der Waals surface area contributed by atoms with Crippen LogP contribution in [0.5, 0.6) is 0 Å². The quantitative estimate of drug-likeness (QED) is 0.140. The van der Waals surface area contributed by atoms with Crippen molar-refractivity contribution in [3.05, 3.63) is 262 Å². The van der Waals surface area contributed by atoms with E-state index in [2.05, 4.69) is 295 Å². The van der Waals surface area contributed by atoms with Gasteiger partial charge in [0, 0.05) is 70.8 Å². The Morgan fingerprint density at radius 2 is 0.726 bits per heavy atom. The number of hydrogen-bond donors (Lipinski definition) is 0. The standard InChI is InChI=1S/C76H64B2N4S2/c1-45-33-49(5)74(50(6)34-45)79(55-24-13-11-14-25-55)57-39-66-72-70(41-57)83-68-32-22-19-29-60(68)78(72)61-43-62-69(44-65(61)81(66)63-30-20-17-23-48(63)4)84-71-42-58(80(56-26-15-12-16-27-56)75-51(7)35-46(2)36-52(75)8)40-67-73(71)77(62)59-28-18-21-31-64(59)82(67)76-53(9)37-47(3)38-54(76)10/h11-44H,1-10H3. The molecule has 0 atom stereocenters. The molecule has 0 saturated carbocycles. The van der Waals surface area contributed by atoms with Crippen molar-refractivity contribution in [1.82, 2.24) is 0 Å². The smallest absolute Gasteiger partial charge is 0.249 e. The van der Waals surface area contributed by atoms with Gasteiger partial charge in [0.05, 0.1) is 17.1 Å². The number of para-hydroxylation sites is 4. The predicted molar refractivity (Wildman–Crippen MR) is 363 cm³/mol. The molecular weight excluding hydrogens is 1050 g/mol.